The number of esters is 1. The van der Waals surface area contributed by atoms with Crippen LogP contribution in [0.4, 0.5) is 10.1 Å². The number of hydrogen-bond acceptors (Lipinski definition) is 10. The van der Waals surface area contributed by atoms with Gasteiger partial charge in [-0.2, -0.15) is 0 Å². The van der Waals surface area contributed by atoms with E-state index in [-0.39, 0.29) is 46.0 Å². The number of carbonyl (C=O) groups excluding carboxylic acids is 1. The van der Waals surface area contributed by atoms with Crippen molar-refractivity contribution >= 4 is 17.5 Å². The van der Waals surface area contributed by atoms with E-state index in [0.29, 0.717) is 11.3 Å². The molecule has 2 aromatic heterocycles. The van der Waals surface area contributed by atoms with Gasteiger partial charge in [-0.3, -0.25) is 15.2 Å². The molecule has 0 aliphatic carbocycles. The molecule has 2 heterocycles. The number of H-pyrrole nitrogens is 1. The summed E-state index contributed by atoms with van der Waals surface area (Å²) in [7, 11) is 2.82. The monoisotopic (exact) mass is 536 g/mol. The first kappa shape index (κ1) is 26.8. The minimum Gasteiger partial charge on any atom is -0.493 e. The fourth-order valence-electron chi connectivity index (χ4n) is 3.89. The van der Waals surface area contributed by atoms with Crippen molar-refractivity contribution in [3.8, 4) is 23.2 Å². The predicted molar refractivity (Wildman–Crippen MR) is 138 cm³/mol. The van der Waals surface area contributed by atoms with Gasteiger partial charge >= 0.3 is 11.7 Å². The fourth-order valence-corrected chi connectivity index (χ4v) is 3.89. The smallest absolute Gasteiger partial charge is 0.350 e. The number of methoxy groups -OCH3 is 2. The number of halogens is 1. The van der Waals surface area contributed by atoms with Crippen LogP contribution in [0.3, 0.4) is 0 Å². The number of anilines is 1. The van der Waals surface area contributed by atoms with Crippen LogP contribution in [0.15, 0.2) is 53.6 Å². The number of carbonyl (C=O) groups is 1. The maximum atomic E-state index is 14.0. The largest absolute Gasteiger partial charge is 0.493 e. The second-order valence-corrected chi connectivity index (χ2v) is 8.12. The summed E-state index contributed by atoms with van der Waals surface area (Å²) in [6, 6.07) is 8.44. The van der Waals surface area contributed by atoms with E-state index in [1.165, 1.54) is 45.7 Å². The van der Waals surface area contributed by atoms with Crippen molar-refractivity contribution in [1.82, 2.24) is 24.7 Å². The number of ether oxygens (including phenoxy) is 3. The Bertz CT molecular complexity index is 1550. The number of aromatic nitrogens is 5. The van der Waals surface area contributed by atoms with Crippen LogP contribution in [0, 0.1) is 5.41 Å². The summed E-state index contributed by atoms with van der Waals surface area (Å²) in [5.74, 6) is -0.195. The quantitative estimate of drug-likeness (QED) is 0.101. The molecule has 13 nitrogen and oxygen atoms in total. The lowest BCUT2D eigenvalue weighted by Crippen LogP contribution is -2.18. The average Bonchev–Trinajstić information content (AvgIpc) is 3.31. The zero-order valence-electron chi connectivity index (χ0n) is 21.2. The summed E-state index contributed by atoms with van der Waals surface area (Å²) >= 11 is 0. The van der Waals surface area contributed by atoms with Crippen molar-refractivity contribution in [2.45, 2.75) is 19.6 Å². The molecule has 0 bridgehead atoms. The summed E-state index contributed by atoms with van der Waals surface area (Å²) in [5.41, 5.74) is 6.30. The van der Waals surface area contributed by atoms with Crippen LogP contribution >= 0.6 is 0 Å². The van der Waals surface area contributed by atoms with Crippen molar-refractivity contribution in [3.05, 3.63) is 81.8 Å². The number of benzene rings is 2. The number of nitrogen functional groups attached to an aromatic ring is 1. The third-order valence-corrected chi connectivity index (χ3v) is 5.54. The second kappa shape index (κ2) is 11.4. The first-order chi connectivity index (χ1) is 18.7. The minimum atomic E-state index is -0.888. The standard InChI is InChI=1S/C25H25FN8O5/c1-13(35)39-18-11-16(5-6-17(18)22(27)28)31-20(14-9-15(12-26)21(38-3)19(10-14)37-2)23-32-25(36)34(33-23)24-29-7-4-8-30-24/h4-11,20,31H,12H2,1-3H3,(H3,27,28)(H,32,33,36). The molecular weight excluding hydrogens is 511 g/mol. The number of aromatic amines is 1. The topological polar surface area (TPSA) is 183 Å². The molecule has 0 aliphatic rings. The van der Waals surface area contributed by atoms with Crippen LogP contribution in [-0.2, 0) is 11.5 Å². The van der Waals surface area contributed by atoms with Crippen molar-refractivity contribution < 1.29 is 23.4 Å². The van der Waals surface area contributed by atoms with Gasteiger partial charge in [0.1, 0.15) is 24.3 Å². The molecule has 4 aromatic rings. The van der Waals surface area contributed by atoms with Gasteiger partial charge in [0, 0.05) is 36.6 Å². The van der Waals surface area contributed by atoms with E-state index in [1.54, 1.807) is 24.3 Å². The molecule has 0 fully saturated rings. The van der Waals surface area contributed by atoms with Crippen LogP contribution in [0.25, 0.3) is 5.95 Å². The van der Waals surface area contributed by atoms with E-state index < -0.39 is 24.4 Å². The SMILES string of the molecule is COc1cc(C(Nc2ccc(C(=N)N)c(OC(C)=O)c2)c2nn(-c3ncccn3)c(=O)[nH]2)cc(CF)c1OC. The van der Waals surface area contributed by atoms with Crippen molar-refractivity contribution in [2.75, 3.05) is 19.5 Å². The Morgan fingerprint density at radius 2 is 1.92 bits per heavy atom. The zero-order chi connectivity index (χ0) is 28.1. The number of hydrogen-bond donors (Lipinski definition) is 4. The van der Waals surface area contributed by atoms with E-state index >= 15 is 0 Å². The molecule has 1 atom stereocenters. The number of nitrogens with two attached hydrogens (primary N) is 1. The fraction of sp³-hybridized carbons (Fsp3) is 0.200. The number of alkyl halides is 1. The van der Waals surface area contributed by atoms with Gasteiger partial charge in [0.05, 0.1) is 19.8 Å². The van der Waals surface area contributed by atoms with E-state index in [9.17, 15) is 14.0 Å². The van der Waals surface area contributed by atoms with Crippen LogP contribution in [0.5, 0.6) is 17.2 Å². The lowest BCUT2D eigenvalue weighted by Gasteiger charge is -2.21. The van der Waals surface area contributed by atoms with Gasteiger partial charge in [0.2, 0.25) is 0 Å². The number of nitrogens with zero attached hydrogens (tertiary/aromatic N) is 4. The molecule has 39 heavy (non-hydrogen) atoms. The molecule has 0 aliphatic heterocycles. The molecule has 0 radical (unpaired) electrons. The second-order valence-electron chi connectivity index (χ2n) is 8.12. The van der Waals surface area contributed by atoms with Gasteiger partial charge in [-0.15, -0.1) is 9.78 Å². The van der Waals surface area contributed by atoms with Crippen LogP contribution in [0.1, 0.15) is 35.5 Å². The molecule has 0 saturated carbocycles. The third-order valence-electron chi connectivity index (χ3n) is 5.54. The number of amidine groups is 1. The van der Waals surface area contributed by atoms with Crippen LogP contribution in [-0.4, -0.2) is 50.8 Å². The van der Waals surface area contributed by atoms with Crippen molar-refractivity contribution in [2.24, 2.45) is 5.73 Å². The molecule has 0 spiro atoms. The Hall–Kier alpha value is -5.27. The first-order valence-electron chi connectivity index (χ1n) is 11.5. The number of nitrogens with one attached hydrogen (secondary N) is 3. The lowest BCUT2D eigenvalue weighted by molar-refractivity contribution is -0.131. The molecule has 14 heteroatoms. The highest BCUT2D eigenvalue weighted by atomic mass is 19.1. The predicted octanol–water partition coefficient (Wildman–Crippen LogP) is 2.25. The highest BCUT2D eigenvalue weighted by Gasteiger charge is 2.25. The van der Waals surface area contributed by atoms with Gasteiger partial charge in [0.25, 0.3) is 5.95 Å². The molecule has 1 unspecified atom stereocenters. The van der Waals surface area contributed by atoms with Gasteiger partial charge in [-0.05, 0) is 35.9 Å². The van der Waals surface area contributed by atoms with Crippen molar-refractivity contribution in [1.29, 1.82) is 5.41 Å². The summed E-state index contributed by atoms with van der Waals surface area (Å²) < 4.78 is 31.0. The first-order valence-corrected chi connectivity index (χ1v) is 11.5. The Labute approximate surface area is 221 Å². The summed E-state index contributed by atoms with van der Waals surface area (Å²) in [5, 5.41) is 15.4. The Morgan fingerprint density at radius 1 is 1.18 bits per heavy atom. The summed E-state index contributed by atoms with van der Waals surface area (Å²) in [6.45, 7) is 0.366. The molecule has 5 N–H and O–H groups in total. The minimum absolute atomic E-state index is 0.0449. The number of rotatable bonds is 10. The van der Waals surface area contributed by atoms with Gasteiger partial charge < -0.3 is 25.3 Å². The van der Waals surface area contributed by atoms with Gasteiger partial charge in [-0.1, -0.05) is 0 Å². The zero-order valence-corrected chi connectivity index (χ0v) is 21.2. The van der Waals surface area contributed by atoms with E-state index in [0.717, 1.165) is 4.68 Å². The van der Waals surface area contributed by atoms with Gasteiger partial charge in [0.15, 0.2) is 17.3 Å². The normalized spacial score (nSPS) is 11.5. The lowest BCUT2D eigenvalue weighted by atomic mass is 10.0. The van der Waals surface area contributed by atoms with E-state index in [4.69, 9.17) is 25.4 Å². The van der Waals surface area contributed by atoms with Crippen LogP contribution in [0.2, 0.25) is 0 Å². The third kappa shape index (κ3) is 5.69. The van der Waals surface area contributed by atoms with E-state index in [2.05, 4.69) is 25.4 Å². The summed E-state index contributed by atoms with van der Waals surface area (Å²) in [4.78, 5) is 35.3. The van der Waals surface area contributed by atoms with Crippen molar-refractivity contribution in [3.63, 3.8) is 0 Å². The average molecular weight is 537 g/mol. The molecule has 2 aromatic carbocycles. The molecule has 202 valence electrons. The Kier molecular flexibility index (Phi) is 7.84. The Morgan fingerprint density at radius 3 is 2.54 bits per heavy atom. The highest BCUT2D eigenvalue weighted by molar-refractivity contribution is 5.98. The highest BCUT2D eigenvalue weighted by Crippen LogP contribution is 2.37. The molecule has 0 saturated heterocycles. The Balaban J connectivity index is 1.87. The maximum absolute atomic E-state index is 14.0. The summed E-state index contributed by atoms with van der Waals surface area (Å²) in [6.07, 6.45) is 2.93. The van der Waals surface area contributed by atoms with Gasteiger partial charge in [-0.25, -0.2) is 19.2 Å². The maximum Gasteiger partial charge on any atom is 0.350 e. The van der Waals surface area contributed by atoms with Crippen LogP contribution < -0.4 is 31.0 Å². The molecular formula is C25H25FN8O5. The molecule has 0 amide bonds. The molecule has 4 rings (SSSR count). The van der Waals surface area contributed by atoms with E-state index in [1.807, 2.05) is 0 Å².